The summed E-state index contributed by atoms with van der Waals surface area (Å²) < 4.78 is 0. The molecule has 0 aliphatic carbocycles. The number of carboxylic acid groups (broad SMARTS) is 1. The molecular weight excluding hydrogens is 224 g/mol. The third-order valence-electron chi connectivity index (χ3n) is 1.26. The molecule has 1 heterocycles. The summed E-state index contributed by atoms with van der Waals surface area (Å²) in [6.45, 7) is 0. The Kier molecular flexibility index (Phi) is 4.03. The van der Waals surface area contributed by atoms with Crippen LogP contribution in [0.25, 0.3) is 0 Å². The lowest BCUT2D eigenvalue weighted by molar-refractivity contribution is -0.139. The fourth-order valence-electron chi connectivity index (χ4n) is 0.700. The standard InChI is InChI=1S/C6H5Cl2NO2.ClH/c7-4-2-1-3-6(8,9-4)5(10)11;/h1-2H,3H2,(H,10,11);1H. The molecule has 1 N–H and O–H groups in total. The summed E-state index contributed by atoms with van der Waals surface area (Å²) in [6.07, 6.45) is 3.27. The summed E-state index contributed by atoms with van der Waals surface area (Å²) in [5.41, 5.74) is 0. The molecule has 6 heteroatoms. The molecule has 0 saturated heterocycles. The average Bonchev–Trinajstić information content (AvgIpc) is 1.86. The van der Waals surface area contributed by atoms with Crippen molar-refractivity contribution < 1.29 is 9.90 Å². The van der Waals surface area contributed by atoms with E-state index < -0.39 is 11.0 Å². The smallest absolute Gasteiger partial charge is 0.347 e. The molecule has 1 unspecified atom stereocenters. The number of dihydropyridines is 1. The molecule has 0 spiro atoms. The first-order valence-corrected chi connectivity index (χ1v) is 3.64. The van der Waals surface area contributed by atoms with Gasteiger partial charge in [-0.05, 0) is 6.08 Å². The van der Waals surface area contributed by atoms with E-state index >= 15 is 0 Å². The van der Waals surface area contributed by atoms with Crippen molar-refractivity contribution in [3.8, 4) is 0 Å². The fraction of sp³-hybridized carbons (Fsp3) is 0.333. The van der Waals surface area contributed by atoms with Gasteiger partial charge in [0, 0.05) is 6.42 Å². The highest BCUT2D eigenvalue weighted by Gasteiger charge is 2.36. The molecule has 0 fully saturated rings. The number of aliphatic carboxylic acids is 1. The molecule has 0 amide bonds. The van der Waals surface area contributed by atoms with Crippen LogP contribution in [0.2, 0.25) is 0 Å². The second kappa shape index (κ2) is 4.12. The van der Waals surface area contributed by atoms with Gasteiger partial charge in [0.15, 0.2) is 0 Å². The maximum absolute atomic E-state index is 10.5. The van der Waals surface area contributed by atoms with Crippen LogP contribution in [0, 0.1) is 0 Å². The largest absolute Gasteiger partial charge is 0.479 e. The van der Waals surface area contributed by atoms with Crippen molar-refractivity contribution in [1.29, 1.82) is 0 Å². The Balaban J connectivity index is 0.00000121. The van der Waals surface area contributed by atoms with Gasteiger partial charge in [-0.1, -0.05) is 29.3 Å². The Hall–Kier alpha value is -0.250. The molecule has 0 aromatic carbocycles. The number of nitrogens with zero attached hydrogens (tertiary/aromatic N) is 1. The molecule has 0 aromatic heterocycles. The van der Waals surface area contributed by atoms with E-state index in [1.807, 2.05) is 0 Å². The number of allylic oxidation sites excluding steroid dienone is 1. The number of carbonyl (C=O) groups is 1. The topological polar surface area (TPSA) is 49.7 Å². The summed E-state index contributed by atoms with van der Waals surface area (Å²) in [4.78, 5) is 12.5. The van der Waals surface area contributed by atoms with Crippen molar-refractivity contribution in [3.05, 3.63) is 12.2 Å². The number of alkyl halides is 1. The van der Waals surface area contributed by atoms with E-state index in [0.717, 1.165) is 0 Å². The van der Waals surface area contributed by atoms with Crippen LogP contribution in [0.5, 0.6) is 0 Å². The van der Waals surface area contributed by atoms with Crippen molar-refractivity contribution in [2.45, 2.75) is 11.4 Å². The quantitative estimate of drug-likeness (QED) is 0.553. The summed E-state index contributed by atoms with van der Waals surface area (Å²) in [6, 6.07) is 0. The van der Waals surface area contributed by atoms with E-state index in [9.17, 15) is 4.79 Å². The zero-order valence-corrected chi connectivity index (χ0v) is 8.16. The lowest BCUT2D eigenvalue weighted by Gasteiger charge is -2.17. The average molecular weight is 230 g/mol. The van der Waals surface area contributed by atoms with E-state index in [4.69, 9.17) is 28.3 Å². The minimum absolute atomic E-state index is 0. The highest BCUT2D eigenvalue weighted by Crippen LogP contribution is 2.26. The molecule has 1 aliphatic rings. The van der Waals surface area contributed by atoms with E-state index in [-0.39, 0.29) is 24.0 Å². The summed E-state index contributed by atoms with van der Waals surface area (Å²) in [5.74, 6) is -1.18. The predicted molar refractivity (Wildman–Crippen MR) is 50.5 cm³/mol. The molecule has 1 rings (SSSR count). The molecule has 0 aromatic rings. The van der Waals surface area contributed by atoms with Crippen molar-refractivity contribution in [2.75, 3.05) is 0 Å². The van der Waals surface area contributed by atoms with Crippen molar-refractivity contribution in [3.63, 3.8) is 0 Å². The molecule has 0 radical (unpaired) electrons. The van der Waals surface area contributed by atoms with Gasteiger partial charge >= 0.3 is 5.97 Å². The van der Waals surface area contributed by atoms with Crippen LogP contribution in [-0.4, -0.2) is 21.2 Å². The second-order valence-corrected chi connectivity index (χ2v) is 3.12. The minimum atomic E-state index is -1.59. The highest BCUT2D eigenvalue weighted by molar-refractivity contribution is 6.69. The lowest BCUT2D eigenvalue weighted by Crippen LogP contribution is -2.31. The minimum Gasteiger partial charge on any atom is -0.479 e. The maximum atomic E-state index is 10.5. The van der Waals surface area contributed by atoms with Gasteiger partial charge < -0.3 is 5.11 Å². The third kappa shape index (κ3) is 2.37. The molecule has 3 nitrogen and oxygen atoms in total. The molecule has 0 bridgehead atoms. The summed E-state index contributed by atoms with van der Waals surface area (Å²) >= 11 is 11.0. The van der Waals surface area contributed by atoms with Crippen molar-refractivity contribution in [1.82, 2.24) is 0 Å². The van der Waals surface area contributed by atoms with Crippen LogP contribution < -0.4 is 0 Å². The first-order valence-electron chi connectivity index (χ1n) is 2.89. The Morgan fingerprint density at radius 3 is 2.67 bits per heavy atom. The zero-order valence-electron chi connectivity index (χ0n) is 5.83. The predicted octanol–water partition coefficient (Wildman–Crippen LogP) is 2.03. The Morgan fingerprint density at radius 2 is 2.33 bits per heavy atom. The molecule has 1 aliphatic heterocycles. The number of halogens is 3. The van der Waals surface area contributed by atoms with E-state index in [0.29, 0.717) is 0 Å². The first kappa shape index (κ1) is 11.8. The van der Waals surface area contributed by atoms with Crippen LogP contribution in [0.4, 0.5) is 0 Å². The summed E-state index contributed by atoms with van der Waals surface area (Å²) in [7, 11) is 0. The van der Waals surface area contributed by atoms with Gasteiger partial charge in [-0.3, -0.25) is 0 Å². The van der Waals surface area contributed by atoms with E-state index in [1.54, 1.807) is 6.08 Å². The number of hydrogen-bond donors (Lipinski definition) is 1. The monoisotopic (exact) mass is 229 g/mol. The second-order valence-electron chi connectivity index (χ2n) is 2.11. The van der Waals surface area contributed by atoms with Crippen LogP contribution >= 0.6 is 35.6 Å². The van der Waals surface area contributed by atoms with Crippen LogP contribution in [0.15, 0.2) is 17.1 Å². The van der Waals surface area contributed by atoms with Crippen molar-refractivity contribution in [2.24, 2.45) is 4.99 Å². The molecule has 68 valence electrons. The zero-order chi connectivity index (χ0) is 8.48. The number of hydrogen-bond acceptors (Lipinski definition) is 2. The molecular formula is C6H6Cl3NO2. The maximum Gasteiger partial charge on any atom is 0.347 e. The Bertz CT molecular complexity index is 251. The summed E-state index contributed by atoms with van der Waals surface area (Å²) in [5, 5.41) is 8.70. The van der Waals surface area contributed by atoms with Gasteiger partial charge in [0.25, 0.3) is 0 Å². The number of carboxylic acids is 1. The van der Waals surface area contributed by atoms with Crippen LogP contribution in [-0.2, 0) is 4.79 Å². The van der Waals surface area contributed by atoms with Gasteiger partial charge in [-0.25, -0.2) is 9.79 Å². The van der Waals surface area contributed by atoms with E-state index in [2.05, 4.69) is 4.99 Å². The van der Waals surface area contributed by atoms with Gasteiger partial charge in [-0.2, -0.15) is 0 Å². The van der Waals surface area contributed by atoms with Crippen LogP contribution in [0.3, 0.4) is 0 Å². The van der Waals surface area contributed by atoms with Gasteiger partial charge in [0.05, 0.1) is 0 Å². The highest BCUT2D eigenvalue weighted by atomic mass is 35.5. The van der Waals surface area contributed by atoms with Gasteiger partial charge in [0.1, 0.15) is 5.17 Å². The third-order valence-corrected chi connectivity index (χ3v) is 1.87. The fourth-order valence-corrected chi connectivity index (χ4v) is 1.16. The SMILES string of the molecule is Cl.O=C(O)C1(Cl)CC=CC(Cl)=N1. The Morgan fingerprint density at radius 1 is 1.75 bits per heavy atom. The number of aliphatic imine (C=N–C) groups is 1. The van der Waals surface area contributed by atoms with Crippen molar-refractivity contribution >= 4 is 46.7 Å². The van der Waals surface area contributed by atoms with E-state index in [1.165, 1.54) is 6.08 Å². The Labute approximate surface area is 85.5 Å². The molecule has 0 saturated carbocycles. The molecule has 1 atom stereocenters. The number of rotatable bonds is 1. The lowest BCUT2D eigenvalue weighted by atomic mass is 10.1. The van der Waals surface area contributed by atoms with Crippen LogP contribution in [0.1, 0.15) is 6.42 Å². The van der Waals surface area contributed by atoms with Gasteiger partial charge in [-0.15, -0.1) is 12.4 Å². The normalized spacial score (nSPS) is 27.3. The first-order chi connectivity index (χ1) is 5.04. The molecule has 12 heavy (non-hydrogen) atoms. The van der Waals surface area contributed by atoms with Gasteiger partial charge in [0.2, 0.25) is 5.00 Å².